The highest BCUT2D eigenvalue weighted by Gasteiger charge is 2.48. The van der Waals surface area contributed by atoms with Gasteiger partial charge in [-0.1, -0.05) is 32.0 Å². The van der Waals surface area contributed by atoms with Crippen molar-refractivity contribution in [1.82, 2.24) is 15.5 Å². The molecule has 2 aliphatic heterocycles. The molecule has 1 aromatic rings. The molecule has 0 spiro atoms. The Morgan fingerprint density at radius 1 is 1.37 bits per heavy atom. The van der Waals surface area contributed by atoms with E-state index in [1.807, 2.05) is 24.3 Å². The maximum atomic E-state index is 12.7. The molecule has 0 saturated carbocycles. The van der Waals surface area contributed by atoms with Crippen LogP contribution in [0.2, 0.25) is 0 Å². The number of nitrogens with one attached hydrogen (secondary N) is 2. The monoisotopic (exact) mass is 373 g/mol. The number of rotatable bonds is 6. The minimum absolute atomic E-state index is 0.185. The first-order valence-corrected chi connectivity index (χ1v) is 9.45. The summed E-state index contributed by atoms with van der Waals surface area (Å²) >= 11 is 0. The van der Waals surface area contributed by atoms with Gasteiger partial charge in [-0.3, -0.25) is 14.5 Å². The number of hydrogen-bond acceptors (Lipinski definition) is 4. The maximum absolute atomic E-state index is 12.7. The molecule has 2 heterocycles. The molecule has 0 radical (unpaired) electrons. The number of carbonyl (C=O) groups is 3. The van der Waals surface area contributed by atoms with Crippen LogP contribution in [0.1, 0.15) is 51.6 Å². The molecule has 7 nitrogen and oxygen atoms in total. The lowest BCUT2D eigenvalue weighted by Crippen LogP contribution is -2.45. The molecule has 1 saturated heterocycles. The highest BCUT2D eigenvalue weighted by atomic mass is 16.5. The Bertz CT molecular complexity index is 748. The standard InChI is InChI=1S/C20H27N3O4/c1-13(2)8-10-20(3)18(25)23(19(26)22-20)12-17(24)21-15-9-11-27-16-7-5-4-6-14(15)16/h4-7,13,15H,8-12H2,1-3H3,(H,21,24)(H,22,26)/t15-,20+/m0/s1. The normalized spacial score (nSPS) is 24.4. The second-order valence-electron chi connectivity index (χ2n) is 7.88. The Labute approximate surface area is 159 Å². The van der Waals surface area contributed by atoms with Gasteiger partial charge in [0.25, 0.3) is 5.91 Å². The highest BCUT2D eigenvalue weighted by Crippen LogP contribution is 2.31. The summed E-state index contributed by atoms with van der Waals surface area (Å²) in [5.74, 6) is 0.492. The molecule has 1 aromatic carbocycles. The first-order chi connectivity index (χ1) is 12.8. The topological polar surface area (TPSA) is 87.7 Å². The van der Waals surface area contributed by atoms with Crippen molar-refractivity contribution in [3.63, 3.8) is 0 Å². The molecule has 27 heavy (non-hydrogen) atoms. The molecule has 2 atom stereocenters. The van der Waals surface area contributed by atoms with Crippen LogP contribution in [0.5, 0.6) is 5.75 Å². The van der Waals surface area contributed by atoms with E-state index in [0.29, 0.717) is 25.4 Å². The molecule has 2 N–H and O–H groups in total. The van der Waals surface area contributed by atoms with Gasteiger partial charge >= 0.3 is 6.03 Å². The summed E-state index contributed by atoms with van der Waals surface area (Å²) in [6.45, 7) is 6.10. The van der Waals surface area contributed by atoms with Crippen molar-refractivity contribution in [1.29, 1.82) is 0 Å². The molecule has 146 valence electrons. The lowest BCUT2D eigenvalue weighted by Gasteiger charge is -2.27. The second kappa shape index (κ2) is 7.58. The lowest BCUT2D eigenvalue weighted by atomic mass is 9.92. The summed E-state index contributed by atoms with van der Waals surface area (Å²) in [6.07, 6.45) is 2.02. The van der Waals surface area contributed by atoms with Crippen LogP contribution in [0.15, 0.2) is 24.3 Å². The van der Waals surface area contributed by atoms with Crippen LogP contribution in [0.3, 0.4) is 0 Å². The van der Waals surface area contributed by atoms with Crippen molar-refractivity contribution >= 4 is 17.8 Å². The largest absolute Gasteiger partial charge is 0.493 e. The molecule has 4 amide bonds. The number of para-hydroxylation sites is 1. The predicted molar refractivity (Wildman–Crippen MR) is 100 cm³/mol. The minimum atomic E-state index is -0.938. The van der Waals surface area contributed by atoms with Gasteiger partial charge in [-0.15, -0.1) is 0 Å². The summed E-state index contributed by atoms with van der Waals surface area (Å²) in [4.78, 5) is 38.5. The summed E-state index contributed by atoms with van der Waals surface area (Å²) < 4.78 is 5.60. The third-order valence-corrected chi connectivity index (χ3v) is 5.16. The molecule has 1 fully saturated rings. The van der Waals surface area contributed by atoms with Crippen molar-refractivity contribution in [2.24, 2.45) is 5.92 Å². The fraction of sp³-hybridized carbons (Fsp3) is 0.550. The molecule has 3 rings (SSSR count). The maximum Gasteiger partial charge on any atom is 0.325 e. The highest BCUT2D eigenvalue weighted by molar-refractivity contribution is 6.08. The van der Waals surface area contributed by atoms with Gasteiger partial charge in [-0.05, 0) is 31.7 Å². The SMILES string of the molecule is CC(C)CC[C@@]1(C)NC(=O)N(CC(=O)N[C@H]2CCOc3ccccc32)C1=O. The third kappa shape index (κ3) is 4.07. The van der Waals surface area contributed by atoms with Crippen LogP contribution in [0.4, 0.5) is 4.79 Å². The van der Waals surface area contributed by atoms with Crippen molar-refractivity contribution in [3.05, 3.63) is 29.8 Å². The fourth-order valence-corrected chi connectivity index (χ4v) is 3.51. The summed E-state index contributed by atoms with van der Waals surface area (Å²) in [6, 6.07) is 6.87. The number of urea groups is 1. The van der Waals surface area contributed by atoms with E-state index in [4.69, 9.17) is 4.74 Å². The first-order valence-electron chi connectivity index (χ1n) is 9.45. The molecule has 0 bridgehead atoms. The van der Waals surface area contributed by atoms with Crippen LogP contribution in [0, 0.1) is 5.92 Å². The smallest absolute Gasteiger partial charge is 0.325 e. The minimum Gasteiger partial charge on any atom is -0.493 e. The number of carbonyl (C=O) groups excluding carboxylic acids is 3. The molecular weight excluding hydrogens is 346 g/mol. The first kappa shape index (κ1) is 19.2. The van der Waals surface area contributed by atoms with E-state index >= 15 is 0 Å². The Morgan fingerprint density at radius 2 is 2.11 bits per heavy atom. The summed E-state index contributed by atoms with van der Waals surface area (Å²) in [5.41, 5.74) is -0.0246. The van der Waals surface area contributed by atoms with E-state index in [-0.39, 0.29) is 24.4 Å². The van der Waals surface area contributed by atoms with Gasteiger partial charge in [0.15, 0.2) is 0 Å². The van der Waals surface area contributed by atoms with Crippen LogP contribution < -0.4 is 15.4 Å². The van der Waals surface area contributed by atoms with Crippen LogP contribution in [-0.4, -0.2) is 41.4 Å². The lowest BCUT2D eigenvalue weighted by molar-refractivity contribution is -0.135. The average Bonchev–Trinajstić information content (AvgIpc) is 2.84. The Balaban J connectivity index is 1.63. The summed E-state index contributed by atoms with van der Waals surface area (Å²) in [7, 11) is 0. The fourth-order valence-electron chi connectivity index (χ4n) is 3.51. The van der Waals surface area contributed by atoms with Crippen LogP contribution in [-0.2, 0) is 9.59 Å². The van der Waals surface area contributed by atoms with E-state index in [2.05, 4.69) is 24.5 Å². The van der Waals surface area contributed by atoms with Gasteiger partial charge in [0.2, 0.25) is 5.91 Å². The van der Waals surface area contributed by atoms with E-state index < -0.39 is 11.6 Å². The Morgan fingerprint density at radius 3 is 2.85 bits per heavy atom. The zero-order chi connectivity index (χ0) is 19.6. The zero-order valence-corrected chi connectivity index (χ0v) is 16.1. The van der Waals surface area contributed by atoms with E-state index in [9.17, 15) is 14.4 Å². The number of nitrogens with zero attached hydrogens (tertiary/aromatic N) is 1. The van der Waals surface area contributed by atoms with Gasteiger partial charge in [0.1, 0.15) is 17.8 Å². The van der Waals surface area contributed by atoms with Crippen LogP contribution >= 0.6 is 0 Å². The molecule has 0 aliphatic carbocycles. The van der Waals surface area contributed by atoms with Gasteiger partial charge in [-0.25, -0.2) is 4.79 Å². The summed E-state index contributed by atoms with van der Waals surface area (Å²) in [5, 5.41) is 5.68. The molecule has 2 aliphatic rings. The van der Waals surface area contributed by atoms with Crippen molar-refractivity contribution in [3.8, 4) is 5.75 Å². The number of fused-ring (bicyclic) bond motifs is 1. The van der Waals surface area contributed by atoms with E-state index in [0.717, 1.165) is 22.6 Å². The number of imide groups is 1. The van der Waals surface area contributed by atoms with E-state index in [1.165, 1.54) is 0 Å². The number of benzene rings is 1. The number of ether oxygens (including phenoxy) is 1. The molecule has 0 aromatic heterocycles. The van der Waals surface area contributed by atoms with E-state index in [1.54, 1.807) is 6.92 Å². The Hall–Kier alpha value is -2.57. The molecule has 7 heteroatoms. The van der Waals surface area contributed by atoms with Gasteiger partial charge < -0.3 is 15.4 Å². The Kier molecular flexibility index (Phi) is 5.39. The average molecular weight is 373 g/mol. The zero-order valence-electron chi connectivity index (χ0n) is 16.1. The van der Waals surface area contributed by atoms with Gasteiger partial charge in [0.05, 0.1) is 12.6 Å². The van der Waals surface area contributed by atoms with Crippen molar-refractivity contribution in [2.75, 3.05) is 13.2 Å². The second-order valence-corrected chi connectivity index (χ2v) is 7.88. The van der Waals surface area contributed by atoms with Gasteiger partial charge in [-0.2, -0.15) is 0 Å². The predicted octanol–water partition coefficient (Wildman–Crippen LogP) is 2.37. The molecular formula is C20H27N3O4. The number of amides is 4. The van der Waals surface area contributed by atoms with Crippen molar-refractivity contribution in [2.45, 2.75) is 51.6 Å². The number of hydrogen-bond donors (Lipinski definition) is 2. The van der Waals surface area contributed by atoms with Gasteiger partial charge in [0, 0.05) is 12.0 Å². The third-order valence-electron chi connectivity index (χ3n) is 5.16. The quantitative estimate of drug-likeness (QED) is 0.750. The molecule has 0 unspecified atom stereocenters. The van der Waals surface area contributed by atoms with Crippen molar-refractivity contribution < 1.29 is 19.1 Å². The van der Waals surface area contributed by atoms with Crippen LogP contribution in [0.25, 0.3) is 0 Å².